The maximum absolute atomic E-state index is 12.9. The summed E-state index contributed by atoms with van der Waals surface area (Å²) in [6.45, 7) is 2.38. The van der Waals surface area contributed by atoms with Gasteiger partial charge in [-0.2, -0.15) is 4.31 Å². The first-order chi connectivity index (χ1) is 13.8. The van der Waals surface area contributed by atoms with Crippen LogP contribution in [0.3, 0.4) is 0 Å². The standard InChI is InChI=1S/C20H27ClN2O5S/c1-14(19(24)22-16-7-3-4-8-16)28-20(25)15-9-10-17(21)18(13-15)29(26,27)23-11-5-2-6-12-23/h9-10,13-14,16H,2-8,11-12H2,1H3,(H,22,24). The van der Waals surface area contributed by atoms with Crippen LogP contribution in [0.1, 0.15) is 62.2 Å². The summed E-state index contributed by atoms with van der Waals surface area (Å²) in [7, 11) is -3.79. The van der Waals surface area contributed by atoms with Crippen molar-refractivity contribution in [2.24, 2.45) is 0 Å². The first kappa shape index (κ1) is 22.1. The molecule has 1 amide bonds. The average molecular weight is 443 g/mol. The van der Waals surface area contributed by atoms with E-state index in [1.165, 1.54) is 29.4 Å². The minimum absolute atomic E-state index is 0.0468. The van der Waals surface area contributed by atoms with Gasteiger partial charge in [0.05, 0.1) is 10.6 Å². The van der Waals surface area contributed by atoms with Crippen LogP contribution in [0.25, 0.3) is 0 Å². The van der Waals surface area contributed by atoms with E-state index in [1.54, 1.807) is 0 Å². The Balaban J connectivity index is 1.71. The molecule has 1 aromatic carbocycles. The highest BCUT2D eigenvalue weighted by molar-refractivity contribution is 7.89. The second-order valence-electron chi connectivity index (χ2n) is 7.65. The molecule has 29 heavy (non-hydrogen) atoms. The SMILES string of the molecule is CC(OC(=O)c1ccc(Cl)c(S(=O)(=O)N2CCCCC2)c1)C(=O)NC1CCCC1. The summed E-state index contributed by atoms with van der Waals surface area (Å²) in [6.07, 6.45) is 5.64. The highest BCUT2D eigenvalue weighted by atomic mass is 35.5. The third kappa shape index (κ3) is 5.29. The molecule has 3 rings (SSSR count). The molecular formula is C20H27ClN2O5S. The highest BCUT2D eigenvalue weighted by Crippen LogP contribution is 2.28. The Bertz CT molecular complexity index is 862. The van der Waals surface area contributed by atoms with Gasteiger partial charge in [0, 0.05) is 19.1 Å². The number of carbonyl (C=O) groups excluding carboxylic acids is 2. The van der Waals surface area contributed by atoms with Gasteiger partial charge < -0.3 is 10.1 Å². The summed E-state index contributed by atoms with van der Waals surface area (Å²) >= 11 is 6.13. The Kier molecular flexibility index (Phi) is 7.19. The van der Waals surface area contributed by atoms with Crippen LogP contribution in [0.15, 0.2) is 23.1 Å². The van der Waals surface area contributed by atoms with E-state index in [1.807, 2.05) is 0 Å². The molecule has 0 spiro atoms. The summed E-state index contributed by atoms with van der Waals surface area (Å²) in [4.78, 5) is 24.6. The molecule has 160 valence electrons. The summed E-state index contributed by atoms with van der Waals surface area (Å²) < 4.78 is 32.5. The number of amides is 1. The number of hydrogen-bond donors (Lipinski definition) is 1. The first-order valence-electron chi connectivity index (χ1n) is 10.1. The number of esters is 1. The molecule has 1 saturated carbocycles. The number of sulfonamides is 1. The molecule has 1 unspecified atom stereocenters. The fourth-order valence-electron chi connectivity index (χ4n) is 3.74. The van der Waals surface area contributed by atoms with Crippen LogP contribution in [-0.2, 0) is 19.6 Å². The van der Waals surface area contributed by atoms with Crippen molar-refractivity contribution >= 4 is 33.5 Å². The van der Waals surface area contributed by atoms with Crippen LogP contribution in [-0.4, -0.2) is 49.8 Å². The lowest BCUT2D eigenvalue weighted by molar-refractivity contribution is -0.129. The van der Waals surface area contributed by atoms with E-state index >= 15 is 0 Å². The number of halogens is 1. The van der Waals surface area contributed by atoms with Crippen molar-refractivity contribution in [3.63, 3.8) is 0 Å². The molecule has 0 aromatic heterocycles. The van der Waals surface area contributed by atoms with Gasteiger partial charge in [0.15, 0.2) is 6.10 Å². The number of nitrogens with one attached hydrogen (secondary N) is 1. The van der Waals surface area contributed by atoms with Crippen LogP contribution in [0, 0.1) is 0 Å². The van der Waals surface area contributed by atoms with Gasteiger partial charge in [-0.05, 0) is 50.8 Å². The molecule has 0 radical (unpaired) electrons. The number of hydrogen-bond acceptors (Lipinski definition) is 5. The van der Waals surface area contributed by atoms with E-state index in [-0.39, 0.29) is 27.4 Å². The first-order valence-corrected chi connectivity index (χ1v) is 11.9. The molecule has 7 nitrogen and oxygen atoms in total. The molecule has 1 aliphatic heterocycles. The predicted octanol–water partition coefficient (Wildman–Crippen LogP) is 3.12. The lowest BCUT2D eigenvalue weighted by Crippen LogP contribution is -2.40. The topological polar surface area (TPSA) is 92.8 Å². The second-order valence-corrected chi connectivity index (χ2v) is 9.96. The largest absolute Gasteiger partial charge is 0.449 e. The fraction of sp³-hybridized carbons (Fsp3) is 0.600. The van der Waals surface area contributed by atoms with Crippen molar-refractivity contribution in [1.82, 2.24) is 9.62 Å². The molecular weight excluding hydrogens is 416 g/mol. The maximum Gasteiger partial charge on any atom is 0.338 e. The van der Waals surface area contributed by atoms with Crippen molar-refractivity contribution in [3.05, 3.63) is 28.8 Å². The van der Waals surface area contributed by atoms with Crippen molar-refractivity contribution in [3.8, 4) is 0 Å². The Morgan fingerprint density at radius 2 is 1.79 bits per heavy atom. The van der Waals surface area contributed by atoms with Crippen molar-refractivity contribution in [2.45, 2.75) is 68.9 Å². The summed E-state index contributed by atoms with van der Waals surface area (Å²) in [5.41, 5.74) is 0.0468. The van der Waals surface area contributed by atoms with Gasteiger partial charge in [0.1, 0.15) is 4.90 Å². The fourth-order valence-corrected chi connectivity index (χ4v) is 5.76. The van der Waals surface area contributed by atoms with Crippen molar-refractivity contribution in [1.29, 1.82) is 0 Å². The Morgan fingerprint density at radius 3 is 2.45 bits per heavy atom. The maximum atomic E-state index is 12.9. The molecule has 1 saturated heterocycles. The zero-order chi connectivity index (χ0) is 21.0. The van der Waals surface area contributed by atoms with Crippen molar-refractivity contribution in [2.75, 3.05) is 13.1 Å². The third-order valence-electron chi connectivity index (χ3n) is 5.45. The van der Waals surface area contributed by atoms with E-state index in [2.05, 4.69) is 5.32 Å². The molecule has 2 aliphatic rings. The van der Waals surface area contributed by atoms with Gasteiger partial charge >= 0.3 is 5.97 Å². The Labute approximate surface area is 176 Å². The number of nitrogens with zero attached hydrogens (tertiary/aromatic N) is 1. The van der Waals surface area contributed by atoms with Crippen LogP contribution in [0.5, 0.6) is 0 Å². The minimum atomic E-state index is -3.79. The Morgan fingerprint density at radius 1 is 1.14 bits per heavy atom. The summed E-state index contributed by atoms with van der Waals surface area (Å²) in [6, 6.07) is 4.14. The molecule has 2 fully saturated rings. The van der Waals surface area contributed by atoms with Gasteiger partial charge in [-0.25, -0.2) is 13.2 Å². The second kappa shape index (κ2) is 9.45. The molecule has 1 aliphatic carbocycles. The van der Waals surface area contributed by atoms with Crippen LogP contribution >= 0.6 is 11.6 Å². The summed E-state index contributed by atoms with van der Waals surface area (Å²) in [5, 5.41) is 2.94. The molecule has 1 heterocycles. The van der Waals surface area contributed by atoms with Gasteiger partial charge in [0.25, 0.3) is 5.91 Å². The van der Waals surface area contributed by atoms with Crippen molar-refractivity contribution < 1.29 is 22.7 Å². The zero-order valence-corrected chi connectivity index (χ0v) is 18.1. The predicted molar refractivity (Wildman–Crippen MR) is 109 cm³/mol. The third-order valence-corrected chi connectivity index (χ3v) is 7.83. The molecule has 1 N–H and O–H groups in total. The van der Waals surface area contributed by atoms with E-state index in [0.29, 0.717) is 13.1 Å². The van der Waals surface area contributed by atoms with Gasteiger partial charge in [-0.15, -0.1) is 0 Å². The van der Waals surface area contributed by atoms with Gasteiger partial charge in [0.2, 0.25) is 10.0 Å². The smallest absolute Gasteiger partial charge is 0.338 e. The van der Waals surface area contributed by atoms with Gasteiger partial charge in [-0.3, -0.25) is 4.79 Å². The minimum Gasteiger partial charge on any atom is -0.449 e. The monoisotopic (exact) mass is 442 g/mol. The van der Waals surface area contributed by atoms with Crippen LogP contribution in [0.4, 0.5) is 0 Å². The number of ether oxygens (including phenoxy) is 1. The van der Waals surface area contributed by atoms with E-state index < -0.39 is 22.1 Å². The van der Waals surface area contributed by atoms with E-state index in [9.17, 15) is 18.0 Å². The van der Waals surface area contributed by atoms with Gasteiger partial charge in [-0.1, -0.05) is 30.9 Å². The van der Waals surface area contributed by atoms with Crippen LogP contribution in [0.2, 0.25) is 5.02 Å². The number of piperidine rings is 1. The lowest BCUT2D eigenvalue weighted by atomic mass is 10.2. The zero-order valence-electron chi connectivity index (χ0n) is 16.5. The number of benzene rings is 1. The molecule has 9 heteroatoms. The lowest BCUT2D eigenvalue weighted by Gasteiger charge is -2.26. The van der Waals surface area contributed by atoms with E-state index in [0.717, 1.165) is 44.9 Å². The summed E-state index contributed by atoms with van der Waals surface area (Å²) in [5.74, 6) is -1.11. The Hall–Kier alpha value is -1.64. The molecule has 1 aromatic rings. The molecule has 0 bridgehead atoms. The number of rotatable bonds is 6. The normalized spacial score (nSPS) is 19.7. The highest BCUT2D eigenvalue weighted by Gasteiger charge is 2.30. The quantitative estimate of drug-likeness (QED) is 0.683. The average Bonchev–Trinajstić information content (AvgIpc) is 3.21. The number of carbonyl (C=O) groups is 2. The van der Waals surface area contributed by atoms with E-state index in [4.69, 9.17) is 16.3 Å². The van der Waals surface area contributed by atoms with Crippen LogP contribution < -0.4 is 5.32 Å². The molecule has 1 atom stereocenters.